The molecular weight excluding hydrogens is 296 g/mol. The normalized spacial score (nSPS) is 24.0. The van der Waals surface area contributed by atoms with Crippen LogP contribution in [0.15, 0.2) is 0 Å². The van der Waals surface area contributed by atoms with Gasteiger partial charge in [0.15, 0.2) is 6.04 Å². The zero-order chi connectivity index (χ0) is 16.8. The number of piperazine rings is 1. The van der Waals surface area contributed by atoms with E-state index in [1.807, 2.05) is 5.32 Å². The van der Waals surface area contributed by atoms with Gasteiger partial charge in [-0.15, -0.1) is 0 Å². The number of primary amides is 1. The molecule has 0 spiro atoms. The highest BCUT2D eigenvalue weighted by Crippen LogP contribution is 2.27. The number of carbonyl (C=O) groups is 3. The van der Waals surface area contributed by atoms with E-state index in [0.717, 1.165) is 19.4 Å². The van der Waals surface area contributed by atoms with Crippen LogP contribution in [-0.2, 0) is 14.4 Å². The summed E-state index contributed by atoms with van der Waals surface area (Å²) < 4.78 is 0. The second kappa shape index (κ2) is 8.29. The van der Waals surface area contributed by atoms with Gasteiger partial charge in [0, 0.05) is 6.92 Å². The van der Waals surface area contributed by atoms with Gasteiger partial charge in [-0.1, -0.05) is 32.1 Å². The predicted molar refractivity (Wildman–Crippen MR) is 85.2 cm³/mol. The van der Waals surface area contributed by atoms with Crippen LogP contribution < -0.4 is 16.4 Å². The summed E-state index contributed by atoms with van der Waals surface area (Å²) in [6, 6.07) is -1.16. The Hall–Kier alpha value is -1.63. The molecule has 7 heteroatoms. The molecule has 1 saturated heterocycles. The van der Waals surface area contributed by atoms with Gasteiger partial charge in [-0.3, -0.25) is 14.4 Å². The molecule has 0 bridgehead atoms. The number of nitrogens with two attached hydrogens (primary N) is 2. The molecule has 0 aromatic heterocycles. The number of amides is 3. The number of quaternary nitrogens is 1. The van der Waals surface area contributed by atoms with E-state index in [-0.39, 0.29) is 11.8 Å². The van der Waals surface area contributed by atoms with E-state index >= 15 is 0 Å². The minimum atomic E-state index is -0.638. The van der Waals surface area contributed by atoms with Crippen LogP contribution in [0.3, 0.4) is 0 Å². The van der Waals surface area contributed by atoms with Gasteiger partial charge in [-0.05, 0) is 12.3 Å². The first-order valence-corrected chi connectivity index (χ1v) is 8.67. The average Bonchev–Trinajstić information content (AvgIpc) is 2.55. The van der Waals surface area contributed by atoms with Gasteiger partial charge in [0.2, 0.25) is 17.7 Å². The Bertz CT molecular complexity index is 449. The summed E-state index contributed by atoms with van der Waals surface area (Å²) in [6.07, 6.45) is 6.40. The molecule has 2 rings (SSSR count). The maximum absolute atomic E-state index is 12.5. The fourth-order valence-corrected chi connectivity index (χ4v) is 3.68. The van der Waals surface area contributed by atoms with Crippen molar-refractivity contribution in [1.29, 1.82) is 0 Å². The van der Waals surface area contributed by atoms with E-state index in [2.05, 4.69) is 5.32 Å². The second-order valence-corrected chi connectivity index (χ2v) is 6.74. The molecule has 7 nitrogen and oxygen atoms in total. The SMILES string of the molecule is CC(=O)N1CC[NH2+]C[C@@H]1C(=O)N[C@@H](CC1CCCCC1)C(N)=O. The lowest BCUT2D eigenvalue weighted by Gasteiger charge is -2.33. The van der Waals surface area contributed by atoms with Crippen molar-refractivity contribution in [1.82, 2.24) is 10.2 Å². The van der Waals surface area contributed by atoms with Crippen LogP contribution in [0.2, 0.25) is 0 Å². The maximum Gasteiger partial charge on any atom is 0.249 e. The number of nitrogens with zero attached hydrogens (tertiary/aromatic N) is 1. The summed E-state index contributed by atoms with van der Waals surface area (Å²) >= 11 is 0. The summed E-state index contributed by atoms with van der Waals surface area (Å²) in [5, 5.41) is 4.81. The van der Waals surface area contributed by atoms with E-state index in [9.17, 15) is 14.4 Å². The van der Waals surface area contributed by atoms with Crippen LogP contribution in [-0.4, -0.2) is 54.3 Å². The summed E-state index contributed by atoms with van der Waals surface area (Å²) in [4.78, 5) is 37.5. The Kier molecular flexibility index (Phi) is 6.38. The van der Waals surface area contributed by atoms with E-state index in [1.54, 1.807) is 4.90 Å². The zero-order valence-electron chi connectivity index (χ0n) is 13.9. The number of rotatable bonds is 5. The van der Waals surface area contributed by atoms with Gasteiger partial charge in [-0.25, -0.2) is 0 Å². The first-order chi connectivity index (χ1) is 11.0. The first-order valence-electron chi connectivity index (χ1n) is 8.67. The van der Waals surface area contributed by atoms with Crippen LogP contribution in [0.1, 0.15) is 45.4 Å². The molecule has 2 atom stereocenters. The highest BCUT2D eigenvalue weighted by atomic mass is 16.2. The van der Waals surface area contributed by atoms with E-state index in [1.165, 1.54) is 26.2 Å². The smallest absolute Gasteiger partial charge is 0.249 e. The number of nitrogens with one attached hydrogen (secondary N) is 1. The van der Waals surface area contributed by atoms with E-state index in [4.69, 9.17) is 5.73 Å². The van der Waals surface area contributed by atoms with Gasteiger partial charge in [0.05, 0.1) is 13.1 Å². The monoisotopic (exact) mass is 325 g/mol. The highest BCUT2D eigenvalue weighted by molar-refractivity contribution is 5.91. The molecule has 2 aliphatic rings. The van der Waals surface area contributed by atoms with Gasteiger partial charge in [0.25, 0.3) is 0 Å². The van der Waals surface area contributed by atoms with Crippen LogP contribution in [0, 0.1) is 5.92 Å². The molecule has 2 fully saturated rings. The number of carbonyl (C=O) groups excluding carboxylic acids is 3. The third-order valence-corrected chi connectivity index (χ3v) is 5.00. The third kappa shape index (κ3) is 4.92. The predicted octanol–water partition coefficient (Wildman–Crippen LogP) is -1.28. The molecule has 23 heavy (non-hydrogen) atoms. The van der Waals surface area contributed by atoms with Crippen molar-refractivity contribution in [2.45, 2.75) is 57.5 Å². The quantitative estimate of drug-likeness (QED) is 0.586. The Morgan fingerprint density at radius 2 is 1.96 bits per heavy atom. The van der Waals surface area contributed by atoms with Crippen molar-refractivity contribution in [3.8, 4) is 0 Å². The van der Waals surface area contributed by atoms with Crippen molar-refractivity contribution in [3.63, 3.8) is 0 Å². The Morgan fingerprint density at radius 3 is 2.57 bits per heavy atom. The van der Waals surface area contributed by atoms with Crippen molar-refractivity contribution in [2.75, 3.05) is 19.6 Å². The topological polar surface area (TPSA) is 109 Å². The maximum atomic E-state index is 12.5. The standard InChI is InChI=1S/C16H28N4O3/c1-11(21)20-8-7-18-10-14(20)16(23)19-13(15(17)22)9-12-5-3-2-4-6-12/h12-14,18H,2-10H2,1H3,(H2,17,22)(H,19,23)/p+1/t13-,14+/m0/s1. The number of hydrogen-bond donors (Lipinski definition) is 3. The molecular formula is C16H29N4O3+. The van der Waals surface area contributed by atoms with Crippen LogP contribution in [0.5, 0.6) is 0 Å². The fourth-order valence-electron chi connectivity index (χ4n) is 3.68. The van der Waals surface area contributed by atoms with Crippen LogP contribution in [0.4, 0.5) is 0 Å². The molecule has 5 N–H and O–H groups in total. The van der Waals surface area contributed by atoms with Crippen LogP contribution in [0.25, 0.3) is 0 Å². The summed E-state index contributed by atoms with van der Waals surface area (Å²) in [7, 11) is 0. The molecule has 0 aromatic carbocycles. The van der Waals surface area contributed by atoms with Gasteiger partial charge >= 0.3 is 0 Å². The lowest BCUT2D eigenvalue weighted by atomic mass is 9.84. The minimum absolute atomic E-state index is 0.110. The molecule has 1 heterocycles. The van der Waals surface area contributed by atoms with E-state index < -0.39 is 18.0 Å². The summed E-state index contributed by atoms with van der Waals surface area (Å²) in [5.74, 6) is -0.418. The molecule has 1 saturated carbocycles. The van der Waals surface area contributed by atoms with Gasteiger partial charge < -0.3 is 21.3 Å². The van der Waals surface area contributed by atoms with Crippen molar-refractivity contribution < 1.29 is 19.7 Å². The Morgan fingerprint density at radius 1 is 1.26 bits per heavy atom. The molecule has 0 aromatic rings. The zero-order valence-corrected chi connectivity index (χ0v) is 13.9. The molecule has 1 aliphatic heterocycles. The van der Waals surface area contributed by atoms with Crippen LogP contribution >= 0.6 is 0 Å². The Balaban J connectivity index is 1.96. The van der Waals surface area contributed by atoms with Crippen molar-refractivity contribution >= 4 is 17.7 Å². The van der Waals surface area contributed by atoms with Gasteiger partial charge in [0.1, 0.15) is 12.6 Å². The van der Waals surface area contributed by atoms with Gasteiger partial charge in [-0.2, -0.15) is 0 Å². The lowest BCUT2D eigenvalue weighted by molar-refractivity contribution is -0.665. The molecule has 130 valence electrons. The highest BCUT2D eigenvalue weighted by Gasteiger charge is 2.35. The molecule has 3 amide bonds. The fraction of sp³-hybridized carbons (Fsp3) is 0.812. The molecule has 1 aliphatic carbocycles. The largest absolute Gasteiger partial charge is 0.368 e. The summed E-state index contributed by atoms with van der Waals surface area (Å²) in [6.45, 7) is 3.35. The van der Waals surface area contributed by atoms with Crippen molar-refractivity contribution in [3.05, 3.63) is 0 Å². The molecule has 0 unspecified atom stereocenters. The first kappa shape index (κ1) is 17.7. The second-order valence-electron chi connectivity index (χ2n) is 6.74. The van der Waals surface area contributed by atoms with Crippen molar-refractivity contribution in [2.24, 2.45) is 11.7 Å². The average molecular weight is 325 g/mol. The molecule has 0 radical (unpaired) electrons. The number of hydrogen-bond acceptors (Lipinski definition) is 3. The Labute approximate surface area is 137 Å². The summed E-state index contributed by atoms with van der Waals surface area (Å²) in [5.41, 5.74) is 5.48. The van der Waals surface area contributed by atoms with E-state index in [0.29, 0.717) is 25.4 Å². The minimum Gasteiger partial charge on any atom is -0.368 e. The third-order valence-electron chi connectivity index (χ3n) is 5.00. The lowest BCUT2D eigenvalue weighted by Crippen LogP contribution is -2.93.